The standard InChI is InChI=1S/C59H39NS/c1-3-17-46(18-4-1)59(47-19-5-2-6-20-47)55-24-11-9-22-51(55)52-35-33-50(39-56(52)59)60(48-31-28-41(29-32-48)44-27-26-40-14-7-8-15-42(40)36-44)49-21-13-16-43(37-49)45-30-34-54-53-23-10-12-25-57(53)61-58(54)38-45/h1-39H. The van der Waals surface area contributed by atoms with Gasteiger partial charge in [0.05, 0.1) is 5.41 Å². The summed E-state index contributed by atoms with van der Waals surface area (Å²) in [7, 11) is 0. The topological polar surface area (TPSA) is 3.24 Å². The Bertz CT molecular complexity index is 3380. The smallest absolute Gasteiger partial charge is 0.0714 e. The summed E-state index contributed by atoms with van der Waals surface area (Å²) in [5.74, 6) is 0. The number of hydrogen-bond donors (Lipinski definition) is 0. The highest BCUT2D eigenvalue weighted by atomic mass is 32.1. The predicted octanol–water partition coefficient (Wildman–Crippen LogP) is 16.4. The van der Waals surface area contributed by atoms with Gasteiger partial charge in [-0.25, -0.2) is 0 Å². The van der Waals surface area contributed by atoms with Crippen molar-refractivity contribution in [3.05, 3.63) is 259 Å². The maximum absolute atomic E-state index is 2.46. The molecule has 2 heteroatoms. The molecule has 1 aromatic heterocycles. The van der Waals surface area contributed by atoms with Crippen LogP contribution in [0.1, 0.15) is 22.3 Å². The molecule has 0 amide bonds. The van der Waals surface area contributed by atoms with Crippen molar-refractivity contribution in [2.75, 3.05) is 4.90 Å². The van der Waals surface area contributed by atoms with Crippen molar-refractivity contribution in [2.45, 2.75) is 5.41 Å². The van der Waals surface area contributed by atoms with Gasteiger partial charge in [0.15, 0.2) is 0 Å². The van der Waals surface area contributed by atoms with Gasteiger partial charge in [0.1, 0.15) is 0 Å². The molecule has 0 bridgehead atoms. The summed E-state index contributed by atoms with van der Waals surface area (Å²) in [5, 5.41) is 5.13. The highest BCUT2D eigenvalue weighted by Gasteiger charge is 2.46. The fourth-order valence-electron chi connectivity index (χ4n) is 9.92. The molecule has 61 heavy (non-hydrogen) atoms. The van der Waals surface area contributed by atoms with Crippen LogP contribution in [0.2, 0.25) is 0 Å². The van der Waals surface area contributed by atoms with E-state index in [1.54, 1.807) is 0 Å². The lowest BCUT2D eigenvalue weighted by Gasteiger charge is -2.35. The Labute approximate surface area is 360 Å². The number of fused-ring (bicyclic) bond motifs is 7. The summed E-state index contributed by atoms with van der Waals surface area (Å²) in [4.78, 5) is 2.44. The van der Waals surface area contributed by atoms with E-state index in [0.717, 1.165) is 17.1 Å². The number of nitrogens with zero attached hydrogens (tertiary/aromatic N) is 1. The van der Waals surface area contributed by atoms with Crippen LogP contribution in [0, 0.1) is 0 Å². The van der Waals surface area contributed by atoms with E-state index in [1.165, 1.54) is 86.6 Å². The molecule has 11 aromatic rings. The second-order valence-electron chi connectivity index (χ2n) is 16.1. The first-order valence-corrected chi connectivity index (χ1v) is 21.8. The molecule has 0 saturated carbocycles. The maximum Gasteiger partial charge on any atom is 0.0714 e. The lowest BCUT2D eigenvalue weighted by molar-refractivity contribution is 0.768. The summed E-state index contributed by atoms with van der Waals surface area (Å²) in [6.07, 6.45) is 0. The van der Waals surface area contributed by atoms with Gasteiger partial charge in [-0.1, -0.05) is 182 Å². The maximum atomic E-state index is 2.46. The Balaban J connectivity index is 1.05. The van der Waals surface area contributed by atoms with Gasteiger partial charge >= 0.3 is 0 Å². The SMILES string of the molecule is c1ccc(C2(c3ccccc3)c3ccccc3-c3ccc(N(c4ccc(-c5ccc6ccccc6c5)cc4)c4cccc(-c5ccc6c(c5)sc5ccccc56)c4)cc32)cc1. The molecular weight excluding hydrogens is 755 g/mol. The van der Waals surface area contributed by atoms with Crippen molar-refractivity contribution in [3.8, 4) is 33.4 Å². The zero-order valence-electron chi connectivity index (χ0n) is 33.4. The van der Waals surface area contributed by atoms with Crippen molar-refractivity contribution in [2.24, 2.45) is 0 Å². The lowest BCUT2D eigenvalue weighted by Crippen LogP contribution is -2.28. The van der Waals surface area contributed by atoms with Crippen molar-refractivity contribution in [3.63, 3.8) is 0 Å². The molecule has 1 aliphatic carbocycles. The van der Waals surface area contributed by atoms with Crippen LogP contribution in [0.25, 0.3) is 64.3 Å². The van der Waals surface area contributed by atoms with Crippen LogP contribution < -0.4 is 4.90 Å². The number of thiophene rings is 1. The Kier molecular flexibility index (Phi) is 8.33. The molecule has 0 saturated heterocycles. The summed E-state index contributed by atoms with van der Waals surface area (Å²) < 4.78 is 2.63. The van der Waals surface area contributed by atoms with Crippen LogP contribution >= 0.6 is 11.3 Å². The Morgan fingerprint density at radius 1 is 0.311 bits per heavy atom. The van der Waals surface area contributed by atoms with Crippen LogP contribution in [0.4, 0.5) is 17.1 Å². The minimum absolute atomic E-state index is 0.502. The highest BCUT2D eigenvalue weighted by molar-refractivity contribution is 7.25. The predicted molar refractivity (Wildman–Crippen MR) is 260 cm³/mol. The first kappa shape index (κ1) is 35.4. The van der Waals surface area contributed by atoms with Crippen LogP contribution in [0.5, 0.6) is 0 Å². The average Bonchev–Trinajstić information content (AvgIpc) is 3.85. The third kappa shape index (κ3) is 5.75. The van der Waals surface area contributed by atoms with E-state index in [4.69, 9.17) is 0 Å². The highest BCUT2D eigenvalue weighted by Crippen LogP contribution is 2.57. The number of hydrogen-bond acceptors (Lipinski definition) is 2. The summed E-state index contributed by atoms with van der Waals surface area (Å²) in [6.45, 7) is 0. The van der Waals surface area contributed by atoms with Gasteiger partial charge in [-0.3, -0.25) is 0 Å². The molecule has 1 heterocycles. The Hall–Kier alpha value is -7.52. The molecule has 0 unspecified atom stereocenters. The fourth-order valence-corrected chi connectivity index (χ4v) is 11.1. The average molecular weight is 794 g/mol. The number of rotatable bonds is 7. The quantitative estimate of drug-likeness (QED) is 0.155. The molecule has 10 aromatic carbocycles. The van der Waals surface area contributed by atoms with Crippen LogP contribution in [-0.2, 0) is 5.41 Å². The van der Waals surface area contributed by atoms with Gasteiger partial charge in [-0.15, -0.1) is 11.3 Å². The minimum atomic E-state index is -0.502. The largest absolute Gasteiger partial charge is 0.310 e. The van der Waals surface area contributed by atoms with Crippen molar-refractivity contribution in [1.29, 1.82) is 0 Å². The van der Waals surface area contributed by atoms with Gasteiger partial charge in [-0.2, -0.15) is 0 Å². The van der Waals surface area contributed by atoms with Crippen molar-refractivity contribution < 1.29 is 0 Å². The molecule has 0 N–H and O–H groups in total. The third-order valence-corrected chi connectivity index (χ3v) is 13.9. The van der Waals surface area contributed by atoms with E-state index in [0.29, 0.717) is 0 Å². The zero-order valence-corrected chi connectivity index (χ0v) is 34.2. The monoisotopic (exact) mass is 793 g/mol. The first-order valence-electron chi connectivity index (χ1n) is 21.0. The Morgan fingerprint density at radius 3 is 1.72 bits per heavy atom. The van der Waals surface area contributed by atoms with E-state index >= 15 is 0 Å². The van der Waals surface area contributed by atoms with Gasteiger partial charge in [-0.05, 0) is 121 Å². The number of anilines is 3. The van der Waals surface area contributed by atoms with Gasteiger partial charge in [0.25, 0.3) is 0 Å². The summed E-state index contributed by atoms with van der Waals surface area (Å²) in [6, 6.07) is 87.4. The fraction of sp³-hybridized carbons (Fsp3) is 0.0169. The second-order valence-corrected chi connectivity index (χ2v) is 17.1. The Morgan fingerprint density at radius 2 is 0.902 bits per heavy atom. The second kappa shape index (κ2) is 14.3. The van der Waals surface area contributed by atoms with Crippen LogP contribution in [0.3, 0.4) is 0 Å². The minimum Gasteiger partial charge on any atom is -0.310 e. The molecule has 0 atom stereocenters. The van der Waals surface area contributed by atoms with Gasteiger partial charge in [0, 0.05) is 37.2 Å². The van der Waals surface area contributed by atoms with E-state index in [-0.39, 0.29) is 0 Å². The van der Waals surface area contributed by atoms with E-state index in [2.05, 4.69) is 241 Å². The lowest BCUT2D eigenvalue weighted by atomic mass is 9.67. The van der Waals surface area contributed by atoms with E-state index in [1.807, 2.05) is 11.3 Å². The van der Waals surface area contributed by atoms with Gasteiger partial charge in [0.2, 0.25) is 0 Å². The normalized spacial score (nSPS) is 12.7. The molecule has 0 radical (unpaired) electrons. The molecule has 12 rings (SSSR count). The van der Waals surface area contributed by atoms with Crippen LogP contribution in [0.15, 0.2) is 237 Å². The van der Waals surface area contributed by atoms with Crippen molar-refractivity contribution in [1.82, 2.24) is 0 Å². The molecule has 1 nitrogen and oxygen atoms in total. The first-order chi connectivity index (χ1) is 30.2. The van der Waals surface area contributed by atoms with E-state index < -0.39 is 5.41 Å². The summed E-state index contributed by atoms with van der Waals surface area (Å²) in [5.41, 5.74) is 15.3. The summed E-state index contributed by atoms with van der Waals surface area (Å²) >= 11 is 1.87. The molecule has 286 valence electrons. The molecule has 1 aliphatic rings. The number of benzene rings is 10. The molecular formula is C59H39NS. The molecule has 0 fully saturated rings. The van der Waals surface area contributed by atoms with E-state index in [9.17, 15) is 0 Å². The third-order valence-electron chi connectivity index (χ3n) is 12.7. The van der Waals surface area contributed by atoms with Crippen molar-refractivity contribution >= 4 is 59.3 Å². The van der Waals surface area contributed by atoms with Crippen LogP contribution in [-0.4, -0.2) is 0 Å². The molecule has 0 spiro atoms. The zero-order chi connectivity index (χ0) is 40.3. The van der Waals surface area contributed by atoms with Gasteiger partial charge < -0.3 is 4.90 Å². The molecule has 0 aliphatic heterocycles.